The number of ether oxygens (including phenoxy) is 1. The SMILES string of the molecule is CCCN(CC(=O)OC)C(=O)C1(CC)CCNCC1. The van der Waals surface area contributed by atoms with E-state index < -0.39 is 0 Å². The zero-order chi connectivity index (χ0) is 14.3. The maximum Gasteiger partial charge on any atom is 0.325 e. The molecule has 0 aromatic rings. The molecule has 5 heteroatoms. The van der Waals surface area contributed by atoms with Gasteiger partial charge in [-0.3, -0.25) is 9.59 Å². The Kier molecular flexibility index (Phi) is 6.28. The standard InChI is InChI=1S/C14H26N2O3/c1-4-10-16(11-12(17)19-3)13(18)14(5-2)6-8-15-9-7-14/h15H,4-11H2,1-3H3. The Labute approximate surface area is 115 Å². The van der Waals surface area contributed by atoms with Crippen molar-refractivity contribution < 1.29 is 14.3 Å². The summed E-state index contributed by atoms with van der Waals surface area (Å²) in [5.74, 6) is -0.231. The molecule has 1 aliphatic heterocycles. The van der Waals surface area contributed by atoms with Gasteiger partial charge in [-0.05, 0) is 38.8 Å². The van der Waals surface area contributed by atoms with Crippen molar-refractivity contribution in [1.29, 1.82) is 0 Å². The fraction of sp³-hybridized carbons (Fsp3) is 0.857. The summed E-state index contributed by atoms with van der Waals surface area (Å²) in [5.41, 5.74) is -0.297. The lowest BCUT2D eigenvalue weighted by Gasteiger charge is -2.39. The van der Waals surface area contributed by atoms with Gasteiger partial charge in [0, 0.05) is 6.54 Å². The first-order chi connectivity index (χ1) is 9.09. The van der Waals surface area contributed by atoms with Crippen LogP contribution in [0.25, 0.3) is 0 Å². The second kappa shape index (κ2) is 7.48. The summed E-state index contributed by atoms with van der Waals surface area (Å²) in [6.07, 6.45) is 3.38. The van der Waals surface area contributed by atoms with E-state index in [2.05, 4.69) is 17.0 Å². The van der Waals surface area contributed by atoms with Crippen LogP contribution in [0, 0.1) is 5.41 Å². The molecule has 0 saturated carbocycles. The van der Waals surface area contributed by atoms with E-state index in [1.54, 1.807) is 4.90 Å². The minimum atomic E-state index is -0.345. The minimum absolute atomic E-state index is 0.0678. The predicted molar refractivity (Wildman–Crippen MR) is 73.7 cm³/mol. The van der Waals surface area contributed by atoms with Gasteiger partial charge < -0.3 is 15.0 Å². The fourth-order valence-corrected chi connectivity index (χ4v) is 2.70. The van der Waals surface area contributed by atoms with E-state index in [1.165, 1.54) is 7.11 Å². The lowest BCUT2D eigenvalue weighted by Crippen LogP contribution is -2.50. The Morgan fingerprint density at radius 1 is 1.26 bits per heavy atom. The van der Waals surface area contributed by atoms with Crippen LogP contribution in [0.1, 0.15) is 39.5 Å². The number of amides is 1. The van der Waals surface area contributed by atoms with Gasteiger partial charge in [0.15, 0.2) is 0 Å². The Bertz CT molecular complexity index is 312. The largest absolute Gasteiger partial charge is 0.468 e. The molecule has 1 fully saturated rings. The zero-order valence-corrected chi connectivity index (χ0v) is 12.3. The number of piperidine rings is 1. The summed E-state index contributed by atoms with van der Waals surface area (Å²) in [5, 5.41) is 3.29. The van der Waals surface area contributed by atoms with E-state index in [1.807, 2.05) is 6.92 Å². The molecule has 0 spiro atoms. The molecule has 0 atom stereocenters. The first-order valence-electron chi connectivity index (χ1n) is 7.16. The first-order valence-corrected chi connectivity index (χ1v) is 7.16. The highest BCUT2D eigenvalue weighted by Gasteiger charge is 2.40. The van der Waals surface area contributed by atoms with Crippen LogP contribution in [0.15, 0.2) is 0 Å². The summed E-state index contributed by atoms with van der Waals surface area (Å²) in [6, 6.07) is 0. The van der Waals surface area contributed by atoms with Crippen molar-refractivity contribution in [3.8, 4) is 0 Å². The van der Waals surface area contributed by atoms with Gasteiger partial charge in [-0.1, -0.05) is 13.8 Å². The predicted octanol–water partition coefficient (Wildman–Crippen LogP) is 1.18. The van der Waals surface area contributed by atoms with Gasteiger partial charge >= 0.3 is 5.97 Å². The van der Waals surface area contributed by atoms with Crippen LogP contribution < -0.4 is 5.32 Å². The molecule has 1 heterocycles. The van der Waals surface area contributed by atoms with E-state index >= 15 is 0 Å². The highest BCUT2D eigenvalue weighted by atomic mass is 16.5. The average molecular weight is 270 g/mol. The smallest absolute Gasteiger partial charge is 0.325 e. The second-order valence-electron chi connectivity index (χ2n) is 5.19. The second-order valence-corrected chi connectivity index (χ2v) is 5.19. The van der Waals surface area contributed by atoms with Crippen LogP contribution in [0.4, 0.5) is 0 Å². The molecule has 1 aliphatic rings. The van der Waals surface area contributed by atoms with Gasteiger partial charge in [-0.25, -0.2) is 0 Å². The third kappa shape index (κ3) is 3.93. The fourth-order valence-electron chi connectivity index (χ4n) is 2.70. The van der Waals surface area contributed by atoms with Crippen LogP contribution in [0.3, 0.4) is 0 Å². The molecule has 0 unspecified atom stereocenters. The first kappa shape index (κ1) is 16.0. The Morgan fingerprint density at radius 2 is 1.89 bits per heavy atom. The van der Waals surface area contributed by atoms with Crippen molar-refractivity contribution in [2.75, 3.05) is 33.3 Å². The summed E-state index contributed by atoms with van der Waals surface area (Å²) in [6.45, 7) is 6.50. The molecular weight excluding hydrogens is 244 g/mol. The van der Waals surface area contributed by atoms with Crippen LogP contribution in [-0.4, -0.2) is 50.1 Å². The quantitative estimate of drug-likeness (QED) is 0.736. The molecule has 1 amide bonds. The molecule has 1 N–H and O–H groups in total. The van der Waals surface area contributed by atoms with Gasteiger partial charge in [0.25, 0.3) is 0 Å². The molecule has 110 valence electrons. The number of rotatable bonds is 6. The van der Waals surface area contributed by atoms with E-state index in [4.69, 9.17) is 0 Å². The topological polar surface area (TPSA) is 58.6 Å². The molecule has 1 rings (SSSR count). The van der Waals surface area contributed by atoms with Crippen molar-refractivity contribution in [3.05, 3.63) is 0 Å². The van der Waals surface area contributed by atoms with Gasteiger partial charge in [-0.15, -0.1) is 0 Å². The number of nitrogens with zero attached hydrogens (tertiary/aromatic N) is 1. The van der Waals surface area contributed by atoms with Crippen LogP contribution in [0.5, 0.6) is 0 Å². The summed E-state index contributed by atoms with van der Waals surface area (Å²) in [7, 11) is 1.36. The van der Waals surface area contributed by atoms with E-state index in [0.717, 1.165) is 38.8 Å². The third-order valence-electron chi connectivity index (χ3n) is 4.02. The maximum atomic E-state index is 12.8. The van der Waals surface area contributed by atoms with Gasteiger partial charge in [0.1, 0.15) is 6.54 Å². The highest BCUT2D eigenvalue weighted by Crippen LogP contribution is 2.34. The van der Waals surface area contributed by atoms with Crippen molar-refractivity contribution >= 4 is 11.9 Å². The Morgan fingerprint density at radius 3 is 2.37 bits per heavy atom. The van der Waals surface area contributed by atoms with Crippen LogP contribution >= 0.6 is 0 Å². The number of carbonyl (C=O) groups excluding carboxylic acids is 2. The molecule has 19 heavy (non-hydrogen) atoms. The molecule has 0 radical (unpaired) electrons. The van der Waals surface area contributed by atoms with Crippen molar-refractivity contribution in [1.82, 2.24) is 10.2 Å². The normalized spacial score (nSPS) is 17.8. The molecule has 5 nitrogen and oxygen atoms in total. The summed E-state index contributed by atoms with van der Waals surface area (Å²) >= 11 is 0. The van der Waals surface area contributed by atoms with Gasteiger partial charge in [0.2, 0.25) is 5.91 Å². The van der Waals surface area contributed by atoms with E-state index in [0.29, 0.717) is 6.54 Å². The average Bonchev–Trinajstić information content (AvgIpc) is 2.46. The number of hydrogen-bond acceptors (Lipinski definition) is 4. The lowest BCUT2D eigenvalue weighted by molar-refractivity contribution is -0.152. The van der Waals surface area contributed by atoms with Crippen molar-refractivity contribution in [3.63, 3.8) is 0 Å². The van der Waals surface area contributed by atoms with Crippen molar-refractivity contribution in [2.45, 2.75) is 39.5 Å². The Hall–Kier alpha value is -1.10. The number of methoxy groups -OCH3 is 1. The Balaban J connectivity index is 2.80. The highest BCUT2D eigenvalue weighted by molar-refractivity contribution is 5.86. The number of nitrogens with one attached hydrogen (secondary N) is 1. The maximum absolute atomic E-state index is 12.8. The van der Waals surface area contributed by atoms with Gasteiger partial charge in [-0.2, -0.15) is 0 Å². The van der Waals surface area contributed by atoms with Crippen LogP contribution in [0.2, 0.25) is 0 Å². The molecule has 0 aromatic heterocycles. The molecule has 0 bridgehead atoms. The molecule has 1 saturated heterocycles. The number of carbonyl (C=O) groups is 2. The van der Waals surface area contributed by atoms with E-state index in [-0.39, 0.29) is 23.8 Å². The minimum Gasteiger partial charge on any atom is -0.468 e. The van der Waals surface area contributed by atoms with E-state index in [9.17, 15) is 9.59 Å². The van der Waals surface area contributed by atoms with Gasteiger partial charge in [0.05, 0.1) is 12.5 Å². The molecule has 0 aliphatic carbocycles. The summed E-state index contributed by atoms with van der Waals surface area (Å²) in [4.78, 5) is 25.9. The lowest BCUT2D eigenvalue weighted by atomic mass is 9.75. The molecule has 0 aromatic carbocycles. The van der Waals surface area contributed by atoms with Crippen LogP contribution in [-0.2, 0) is 14.3 Å². The zero-order valence-electron chi connectivity index (χ0n) is 12.3. The third-order valence-corrected chi connectivity index (χ3v) is 4.02. The molecular formula is C14H26N2O3. The number of esters is 1. The summed E-state index contributed by atoms with van der Waals surface area (Å²) < 4.78 is 4.69. The monoisotopic (exact) mass is 270 g/mol. The van der Waals surface area contributed by atoms with Crippen molar-refractivity contribution in [2.24, 2.45) is 5.41 Å². The number of hydrogen-bond donors (Lipinski definition) is 1.